The Balaban J connectivity index is 1.32. The molecule has 0 amide bonds. The van der Waals surface area contributed by atoms with E-state index in [1.807, 2.05) is 6.07 Å². The maximum Gasteiger partial charge on any atom is 0.258 e. The van der Waals surface area contributed by atoms with Gasteiger partial charge in [-0.3, -0.25) is 4.90 Å². The van der Waals surface area contributed by atoms with E-state index in [0.29, 0.717) is 29.0 Å². The average Bonchev–Trinajstić information content (AvgIpc) is 3.57. The number of aromatic hydroxyl groups is 1. The van der Waals surface area contributed by atoms with Gasteiger partial charge < -0.3 is 14.9 Å². The minimum atomic E-state index is -4.36. The second-order valence-corrected chi connectivity index (χ2v) is 15.4. The number of hydrogen-bond acceptors (Lipinski definition) is 8. The molecule has 8 rings (SSSR count). The Kier molecular flexibility index (Phi) is 4.23. The number of rotatable bonds is 3. The van der Waals surface area contributed by atoms with Crippen molar-refractivity contribution in [2.75, 3.05) is 13.1 Å². The minimum Gasteiger partial charge on any atom is -0.504 e. The molecule has 5 atom stereocenters. The average molecular weight is 545 g/mol. The van der Waals surface area contributed by atoms with Gasteiger partial charge >= 0.3 is 0 Å². The summed E-state index contributed by atoms with van der Waals surface area (Å²) in [6.45, 7) is 1.62. The van der Waals surface area contributed by atoms with E-state index >= 15 is 0 Å². The summed E-state index contributed by atoms with van der Waals surface area (Å²) < 4.78 is 61.8. The molecule has 1 saturated heterocycles. The first kappa shape index (κ1) is 22.8. The van der Waals surface area contributed by atoms with Crippen LogP contribution in [-0.2, 0) is 31.9 Å². The Morgan fingerprint density at radius 1 is 0.973 bits per heavy atom. The van der Waals surface area contributed by atoms with Crippen LogP contribution in [0.3, 0.4) is 0 Å². The first-order valence-electron chi connectivity index (χ1n) is 13.0. The maximum atomic E-state index is 13.7. The van der Waals surface area contributed by atoms with Gasteiger partial charge in [0.1, 0.15) is 15.9 Å². The van der Waals surface area contributed by atoms with Crippen LogP contribution in [0.4, 0.5) is 0 Å². The topological polar surface area (TPSA) is 124 Å². The SMILES string of the molecule is O=S1(=O)c2ccccc2S(=O)(=O)N1[C@@H]1CC[C@@]2(O)[C@@H]3Cc4ccc(O)c5c4[C@@]2(CCN3CC2CC2)[C@H]1O5. The second-order valence-electron chi connectivity index (χ2n) is 11.6. The molecule has 3 fully saturated rings. The van der Waals surface area contributed by atoms with Gasteiger partial charge in [-0.05, 0) is 74.8 Å². The Labute approximate surface area is 215 Å². The van der Waals surface area contributed by atoms with Gasteiger partial charge in [-0.25, -0.2) is 16.8 Å². The number of benzene rings is 2. The summed E-state index contributed by atoms with van der Waals surface area (Å²) in [5, 5.41) is 23.4. The molecule has 3 aliphatic heterocycles. The zero-order valence-electron chi connectivity index (χ0n) is 20.1. The highest BCUT2D eigenvalue weighted by Gasteiger charge is 2.75. The Hall–Kier alpha value is -2.18. The van der Waals surface area contributed by atoms with Gasteiger partial charge in [0.15, 0.2) is 11.5 Å². The van der Waals surface area contributed by atoms with Gasteiger partial charge in [-0.1, -0.05) is 21.9 Å². The lowest BCUT2D eigenvalue weighted by molar-refractivity contribution is -0.193. The van der Waals surface area contributed by atoms with E-state index in [9.17, 15) is 27.0 Å². The maximum absolute atomic E-state index is 13.7. The number of piperidine rings is 1. The third-order valence-corrected chi connectivity index (χ3v) is 14.5. The lowest BCUT2D eigenvalue weighted by Crippen LogP contribution is -2.78. The van der Waals surface area contributed by atoms with Crippen molar-refractivity contribution in [3.8, 4) is 11.5 Å². The Bertz CT molecular complexity index is 1530. The van der Waals surface area contributed by atoms with E-state index in [1.165, 1.54) is 37.1 Å². The third kappa shape index (κ3) is 2.55. The number of phenolic OH excluding ortho intramolecular Hbond substituents is 1. The molecule has 2 saturated carbocycles. The molecule has 9 nitrogen and oxygen atoms in total. The fourth-order valence-corrected chi connectivity index (χ4v) is 13.1. The standard InChI is InChI=1S/C26H28N2O7S2/c29-18-8-7-16-13-21-26(30)10-9-17(28-36(31,32)19-3-1-2-4-20(19)37(28,33)34)24-25(26,22(16)23(18)35-24)11-12-27(21)14-15-5-6-15/h1-4,7-8,15,17,21,24,29-30H,5-6,9-14H2/t17-,21+,24+,25+,26-/m1/s1. The number of nitrogens with zero attached hydrogens (tertiary/aromatic N) is 2. The highest BCUT2D eigenvalue weighted by molar-refractivity contribution is 8.06. The molecule has 2 bridgehead atoms. The van der Waals surface area contributed by atoms with Gasteiger partial charge in [0, 0.05) is 18.2 Å². The predicted molar refractivity (Wildman–Crippen MR) is 131 cm³/mol. The minimum absolute atomic E-state index is 0.0714. The van der Waals surface area contributed by atoms with Crippen molar-refractivity contribution in [2.45, 2.75) is 77.5 Å². The van der Waals surface area contributed by atoms with Crippen LogP contribution < -0.4 is 4.74 Å². The van der Waals surface area contributed by atoms with Crippen molar-refractivity contribution in [1.29, 1.82) is 0 Å². The van der Waals surface area contributed by atoms with Crippen LogP contribution >= 0.6 is 0 Å². The van der Waals surface area contributed by atoms with Crippen molar-refractivity contribution in [1.82, 2.24) is 8.61 Å². The molecule has 2 N–H and O–H groups in total. The van der Waals surface area contributed by atoms with Gasteiger partial charge in [0.2, 0.25) is 0 Å². The van der Waals surface area contributed by atoms with Crippen LogP contribution in [0.25, 0.3) is 0 Å². The first-order valence-corrected chi connectivity index (χ1v) is 15.9. The van der Waals surface area contributed by atoms with E-state index in [2.05, 4.69) is 4.90 Å². The Morgan fingerprint density at radius 3 is 2.35 bits per heavy atom. The molecule has 3 aliphatic carbocycles. The second kappa shape index (κ2) is 6.87. The molecule has 6 aliphatic rings. The highest BCUT2D eigenvalue weighted by atomic mass is 32.3. The van der Waals surface area contributed by atoms with Crippen LogP contribution in [0.2, 0.25) is 0 Å². The van der Waals surface area contributed by atoms with Crippen molar-refractivity contribution >= 4 is 20.0 Å². The van der Waals surface area contributed by atoms with Gasteiger partial charge in [-0.15, -0.1) is 0 Å². The number of ether oxygens (including phenoxy) is 1. The van der Waals surface area contributed by atoms with Crippen LogP contribution in [0.15, 0.2) is 46.2 Å². The van der Waals surface area contributed by atoms with Crippen molar-refractivity contribution in [3.63, 3.8) is 0 Å². The van der Waals surface area contributed by atoms with E-state index in [4.69, 9.17) is 4.74 Å². The molecule has 0 aromatic heterocycles. The summed E-state index contributed by atoms with van der Waals surface area (Å²) in [6, 6.07) is 7.90. The molecular weight excluding hydrogens is 516 g/mol. The zero-order valence-corrected chi connectivity index (χ0v) is 21.7. The van der Waals surface area contributed by atoms with E-state index in [0.717, 1.165) is 17.7 Å². The van der Waals surface area contributed by atoms with Crippen LogP contribution in [0.1, 0.15) is 43.2 Å². The molecule has 196 valence electrons. The number of fused-ring (bicyclic) bond motifs is 1. The monoisotopic (exact) mass is 544 g/mol. The summed E-state index contributed by atoms with van der Waals surface area (Å²) >= 11 is 0. The normalized spacial score (nSPS) is 38.6. The molecule has 2 aromatic rings. The first-order chi connectivity index (χ1) is 17.6. The smallest absolute Gasteiger partial charge is 0.258 e. The molecule has 37 heavy (non-hydrogen) atoms. The summed E-state index contributed by atoms with van der Waals surface area (Å²) in [5.41, 5.74) is -0.532. The fourth-order valence-electron chi connectivity index (χ4n) is 8.23. The molecule has 1 spiro atoms. The predicted octanol–water partition coefficient (Wildman–Crippen LogP) is 1.72. The number of phenols is 1. The lowest BCUT2D eigenvalue weighted by Gasteiger charge is -2.64. The largest absolute Gasteiger partial charge is 0.504 e. The fraction of sp³-hybridized carbons (Fsp3) is 0.538. The van der Waals surface area contributed by atoms with Crippen LogP contribution in [0.5, 0.6) is 11.5 Å². The quantitative estimate of drug-likeness (QED) is 0.599. The molecule has 3 heterocycles. The van der Waals surface area contributed by atoms with Crippen molar-refractivity contribution < 1.29 is 31.8 Å². The molecule has 11 heteroatoms. The zero-order chi connectivity index (χ0) is 25.5. The summed E-state index contributed by atoms with van der Waals surface area (Å²) in [6.07, 6.45) is 2.93. The van der Waals surface area contributed by atoms with Gasteiger partial charge in [0.25, 0.3) is 20.0 Å². The molecule has 0 unspecified atom stereocenters. The van der Waals surface area contributed by atoms with Crippen molar-refractivity contribution in [3.05, 3.63) is 47.5 Å². The number of likely N-dealkylation sites (tertiary alicyclic amines) is 1. The summed E-state index contributed by atoms with van der Waals surface area (Å²) in [5.74, 6) is 0.825. The lowest BCUT2D eigenvalue weighted by atomic mass is 9.48. The van der Waals surface area contributed by atoms with Crippen LogP contribution in [0, 0.1) is 5.92 Å². The van der Waals surface area contributed by atoms with Gasteiger partial charge in [-0.2, -0.15) is 0 Å². The van der Waals surface area contributed by atoms with Crippen molar-refractivity contribution in [2.24, 2.45) is 5.92 Å². The Morgan fingerprint density at radius 2 is 1.68 bits per heavy atom. The number of hydrogen-bond donors (Lipinski definition) is 2. The van der Waals surface area contributed by atoms with Gasteiger partial charge in [0.05, 0.1) is 17.1 Å². The summed E-state index contributed by atoms with van der Waals surface area (Å²) in [4.78, 5) is 1.93. The number of aliphatic hydroxyl groups is 1. The molecule has 2 aromatic carbocycles. The van der Waals surface area contributed by atoms with E-state index in [1.54, 1.807) is 6.07 Å². The summed E-state index contributed by atoms with van der Waals surface area (Å²) in [7, 11) is -8.71. The highest BCUT2D eigenvalue weighted by Crippen LogP contribution is 2.66. The number of sulfonamides is 2. The molecule has 0 radical (unpaired) electrons. The third-order valence-electron chi connectivity index (χ3n) is 9.88. The van der Waals surface area contributed by atoms with E-state index < -0.39 is 43.2 Å². The molecular formula is C26H28N2O7S2. The van der Waals surface area contributed by atoms with E-state index in [-0.39, 0.29) is 40.2 Å². The van der Waals surface area contributed by atoms with Crippen LogP contribution in [-0.4, -0.2) is 72.5 Å².